The van der Waals surface area contributed by atoms with Gasteiger partial charge in [0.2, 0.25) is 0 Å². The first-order valence-corrected chi connectivity index (χ1v) is 5.63. The summed E-state index contributed by atoms with van der Waals surface area (Å²) in [7, 11) is 0. The number of rotatable bonds is 3. The minimum Gasteiger partial charge on any atom is -0.361 e. The Hall–Kier alpha value is -1.28. The van der Waals surface area contributed by atoms with E-state index in [0.717, 1.165) is 12.6 Å². The molecule has 1 saturated carbocycles. The standard InChI is InChI=1S/C13H16N2/c1-9-7-15-13-5-2-10(6-12(9)13)8-14-11-3-4-11/h2,5-7,11,14-15H,3-4,8H2,1H3. The first-order valence-electron chi connectivity index (χ1n) is 5.63. The minimum absolute atomic E-state index is 0.785. The zero-order valence-corrected chi connectivity index (χ0v) is 9.01. The van der Waals surface area contributed by atoms with Gasteiger partial charge in [0.15, 0.2) is 0 Å². The molecule has 1 aromatic carbocycles. The predicted octanol–water partition coefficient (Wildman–Crippen LogP) is 2.73. The lowest BCUT2D eigenvalue weighted by Crippen LogP contribution is -2.15. The van der Waals surface area contributed by atoms with Crippen molar-refractivity contribution in [3.63, 3.8) is 0 Å². The number of H-pyrrole nitrogens is 1. The molecule has 2 N–H and O–H groups in total. The van der Waals surface area contributed by atoms with Gasteiger partial charge >= 0.3 is 0 Å². The molecule has 2 aromatic rings. The molecule has 0 spiro atoms. The van der Waals surface area contributed by atoms with Crippen LogP contribution in [0, 0.1) is 6.92 Å². The first kappa shape index (κ1) is 8.98. The highest BCUT2D eigenvalue weighted by Crippen LogP contribution is 2.21. The Labute approximate surface area is 89.7 Å². The summed E-state index contributed by atoms with van der Waals surface area (Å²) in [5.41, 5.74) is 3.96. The van der Waals surface area contributed by atoms with Crippen LogP contribution >= 0.6 is 0 Å². The van der Waals surface area contributed by atoms with Crippen LogP contribution in [-0.2, 0) is 6.54 Å². The van der Waals surface area contributed by atoms with Crippen LogP contribution in [0.4, 0.5) is 0 Å². The van der Waals surface area contributed by atoms with E-state index in [1.807, 2.05) is 0 Å². The number of aryl methyl sites for hydroxylation is 1. The van der Waals surface area contributed by atoms with Gasteiger partial charge in [-0.3, -0.25) is 0 Å². The van der Waals surface area contributed by atoms with Crippen molar-refractivity contribution in [1.29, 1.82) is 0 Å². The minimum atomic E-state index is 0.785. The molecule has 15 heavy (non-hydrogen) atoms. The second-order valence-electron chi connectivity index (χ2n) is 4.51. The maximum absolute atomic E-state index is 3.54. The average molecular weight is 200 g/mol. The number of aromatic amines is 1. The van der Waals surface area contributed by atoms with Crippen LogP contribution < -0.4 is 5.32 Å². The van der Waals surface area contributed by atoms with Gasteiger partial charge in [-0.15, -0.1) is 0 Å². The lowest BCUT2D eigenvalue weighted by atomic mass is 10.1. The van der Waals surface area contributed by atoms with Gasteiger partial charge in [0.25, 0.3) is 0 Å². The molecule has 78 valence electrons. The molecule has 0 atom stereocenters. The molecule has 2 nitrogen and oxygen atoms in total. The Bertz CT molecular complexity index is 480. The Morgan fingerprint density at radius 2 is 2.27 bits per heavy atom. The Balaban J connectivity index is 1.86. The van der Waals surface area contributed by atoms with E-state index in [4.69, 9.17) is 0 Å². The van der Waals surface area contributed by atoms with Crippen molar-refractivity contribution < 1.29 is 0 Å². The zero-order valence-electron chi connectivity index (χ0n) is 9.01. The lowest BCUT2D eigenvalue weighted by molar-refractivity contribution is 0.688. The van der Waals surface area contributed by atoms with Crippen molar-refractivity contribution in [2.24, 2.45) is 0 Å². The van der Waals surface area contributed by atoms with Gasteiger partial charge in [-0.1, -0.05) is 6.07 Å². The smallest absolute Gasteiger partial charge is 0.0456 e. The van der Waals surface area contributed by atoms with Gasteiger partial charge in [0.1, 0.15) is 0 Å². The van der Waals surface area contributed by atoms with Crippen LogP contribution in [-0.4, -0.2) is 11.0 Å². The van der Waals surface area contributed by atoms with Crippen LogP contribution in [0.1, 0.15) is 24.0 Å². The van der Waals surface area contributed by atoms with Crippen LogP contribution in [0.2, 0.25) is 0 Å². The van der Waals surface area contributed by atoms with E-state index in [2.05, 4.69) is 41.6 Å². The van der Waals surface area contributed by atoms with Gasteiger partial charge in [-0.05, 0) is 43.0 Å². The molecular weight excluding hydrogens is 184 g/mol. The largest absolute Gasteiger partial charge is 0.361 e. The molecule has 1 aromatic heterocycles. The molecule has 1 fully saturated rings. The van der Waals surface area contributed by atoms with Crippen LogP contribution in [0.15, 0.2) is 24.4 Å². The zero-order chi connectivity index (χ0) is 10.3. The SMILES string of the molecule is Cc1c[nH]c2ccc(CNC3CC3)cc12. The quantitative estimate of drug-likeness (QED) is 0.783. The lowest BCUT2D eigenvalue weighted by Gasteiger charge is -2.03. The van der Waals surface area contributed by atoms with Crippen molar-refractivity contribution in [2.75, 3.05) is 0 Å². The number of benzene rings is 1. The van der Waals surface area contributed by atoms with Crippen molar-refractivity contribution >= 4 is 10.9 Å². The molecule has 0 aliphatic heterocycles. The fourth-order valence-electron chi connectivity index (χ4n) is 1.97. The van der Waals surface area contributed by atoms with Crippen molar-refractivity contribution in [2.45, 2.75) is 32.4 Å². The molecule has 0 radical (unpaired) electrons. The fourth-order valence-corrected chi connectivity index (χ4v) is 1.97. The molecule has 2 heteroatoms. The normalized spacial score (nSPS) is 16.1. The van der Waals surface area contributed by atoms with Crippen molar-refractivity contribution in [3.05, 3.63) is 35.5 Å². The summed E-state index contributed by atoms with van der Waals surface area (Å²) in [6, 6.07) is 7.45. The summed E-state index contributed by atoms with van der Waals surface area (Å²) in [5, 5.41) is 4.89. The van der Waals surface area contributed by atoms with E-state index in [0.29, 0.717) is 0 Å². The number of nitrogens with one attached hydrogen (secondary N) is 2. The number of hydrogen-bond acceptors (Lipinski definition) is 1. The number of aromatic nitrogens is 1. The number of fused-ring (bicyclic) bond motifs is 1. The third kappa shape index (κ3) is 1.77. The van der Waals surface area contributed by atoms with Gasteiger partial charge in [-0.2, -0.15) is 0 Å². The van der Waals surface area contributed by atoms with Crippen molar-refractivity contribution in [1.82, 2.24) is 10.3 Å². The molecule has 1 aliphatic rings. The summed E-state index contributed by atoms with van der Waals surface area (Å²) in [6.07, 6.45) is 4.78. The fraction of sp³-hybridized carbons (Fsp3) is 0.385. The van der Waals surface area contributed by atoms with E-state index in [1.54, 1.807) is 0 Å². The molecule has 0 unspecified atom stereocenters. The highest BCUT2D eigenvalue weighted by Gasteiger charge is 2.19. The second-order valence-corrected chi connectivity index (χ2v) is 4.51. The molecular formula is C13H16N2. The summed E-state index contributed by atoms with van der Waals surface area (Å²) < 4.78 is 0. The first-order chi connectivity index (χ1) is 7.33. The predicted molar refractivity (Wildman–Crippen MR) is 62.9 cm³/mol. The second kappa shape index (κ2) is 3.38. The van der Waals surface area contributed by atoms with E-state index < -0.39 is 0 Å². The van der Waals surface area contributed by atoms with Gasteiger partial charge in [0, 0.05) is 29.7 Å². The Morgan fingerprint density at radius 1 is 1.40 bits per heavy atom. The van der Waals surface area contributed by atoms with Crippen LogP contribution in [0.3, 0.4) is 0 Å². The maximum Gasteiger partial charge on any atom is 0.0456 e. The summed E-state index contributed by atoms with van der Waals surface area (Å²) in [5.74, 6) is 0. The maximum atomic E-state index is 3.54. The molecule has 1 heterocycles. The molecule has 3 rings (SSSR count). The molecule has 0 saturated heterocycles. The summed E-state index contributed by atoms with van der Waals surface area (Å²) in [4.78, 5) is 3.27. The third-order valence-corrected chi connectivity index (χ3v) is 3.13. The third-order valence-electron chi connectivity index (χ3n) is 3.13. The van der Waals surface area contributed by atoms with E-state index in [-0.39, 0.29) is 0 Å². The highest BCUT2D eigenvalue weighted by molar-refractivity contribution is 5.83. The van der Waals surface area contributed by atoms with Gasteiger partial charge < -0.3 is 10.3 Å². The Kier molecular flexibility index (Phi) is 2.03. The van der Waals surface area contributed by atoms with E-state index >= 15 is 0 Å². The Morgan fingerprint density at radius 3 is 3.07 bits per heavy atom. The van der Waals surface area contributed by atoms with Crippen LogP contribution in [0.5, 0.6) is 0 Å². The van der Waals surface area contributed by atoms with Crippen LogP contribution in [0.25, 0.3) is 10.9 Å². The summed E-state index contributed by atoms with van der Waals surface area (Å²) >= 11 is 0. The van der Waals surface area contributed by atoms with Crippen molar-refractivity contribution in [3.8, 4) is 0 Å². The monoisotopic (exact) mass is 200 g/mol. The van der Waals surface area contributed by atoms with Gasteiger partial charge in [0.05, 0.1) is 0 Å². The molecule has 0 amide bonds. The highest BCUT2D eigenvalue weighted by atomic mass is 14.9. The topological polar surface area (TPSA) is 27.8 Å². The van der Waals surface area contributed by atoms with Gasteiger partial charge in [-0.25, -0.2) is 0 Å². The summed E-state index contributed by atoms with van der Waals surface area (Å²) in [6.45, 7) is 3.15. The average Bonchev–Trinajstić information content (AvgIpc) is 3.02. The molecule has 0 bridgehead atoms. The molecule has 1 aliphatic carbocycles. The van der Waals surface area contributed by atoms with E-state index in [9.17, 15) is 0 Å². The van der Waals surface area contributed by atoms with E-state index in [1.165, 1.54) is 34.9 Å². The number of hydrogen-bond donors (Lipinski definition) is 2.